The Bertz CT molecular complexity index is 3130. The molecule has 0 atom stereocenters. The van der Waals surface area contributed by atoms with E-state index in [1.165, 1.54) is 0 Å². The van der Waals surface area contributed by atoms with Gasteiger partial charge in [-0.15, -0.1) is 16.4 Å². The molecule has 10 rings (SSSR count). The molecule has 0 aliphatic rings. The lowest BCUT2D eigenvalue weighted by atomic mass is 9.60. The molecule has 55 heavy (non-hydrogen) atoms. The molecule has 0 spiro atoms. The summed E-state index contributed by atoms with van der Waals surface area (Å²) in [4.78, 5) is 14.7. The minimum Gasteiger partial charge on any atom is -0.456 e. The lowest BCUT2D eigenvalue weighted by molar-refractivity contribution is 0.669. The first-order valence-corrected chi connectivity index (χ1v) is 17.7. The van der Waals surface area contributed by atoms with Gasteiger partial charge in [-0.3, -0.25) is 0 Å². The van der Waals surface area contributed by atoms with Crippen molar-refractivity contribution in [2.45, 2.75) is 0 Å². The Balaban J connectivity index is 1.22. The van der Waals surface area contributed by atoms with Crippen molar-refractivity contribution in [2.75, 3.05) is 0 Å². The third-order valence-corrected chi connectivity index (χ3v) is 10.3. The molecule has 0 aliphatic heterocycles. The van der Waals surface area contributed by atoms with Crippen LogP contribution in [0.2, 0.25) is 0 Å². The highest BCUT2D eigenvalue weighted by Gasteiger charge is 2.21. The number of nitrogens with zero attached hydrogens (tertiary/aromatic N) is 4. The van der Waals surface area contributed by atoms with Gasteiger partial charge in [0.1, 0.15) is 50.4 Å². The Morgan fingerprint density at radius 3 is 1.75 bits per heavy atom. The Morgan fingerprint density at radius 2 is 1.00 bits per heavy atom. The summed E-state index contributed by atoms with van der Waals surface area (Å²) in [5, 5.41) is 4.18. The minimum absolute atomic E-state index is 0.115. The monoisotopic (exact) mass is 690 g/mol. The van der Waals surface area contributed by atoms with Gasteiger partial charge in [0, 0.05) is 32.8 Å². The first-order valence-electron chi connectivity index (χ1n) is 17.7. The first kappa shape index (κ1) is 33.1. The average molecular weight is 690 g/mol. The number of rotatable bonds is 5. The molecule has 0 saturated carbocycles. The second-order valence-electron chi connectivity index (χ2n) is 13.5. The van der Waals surface area contributed by atoms with Gasteiger partial charge in [-0.1, -0.05) is 108 Å². The van der Waals surface area contributed by atoms with Crippen LogP contribution in [-0.4, -0.2) is 58.8 Å². The molecule has 0 fully saturated rings. The van der Waals surface area contributed by atoms with E-state index >= 15 is 0 Å². The second kappa shape index (κ2) is 12.8. The molecule has 244 valence electrons. The van der Waals surface area contributed by atoms with Gasteiger partial charge in [-0.25, -0.2) is 15.0 Å². The highest BCUT2D eigenvalue weighted by molar-refractivity contribution is 6.68. The highest BCUT2D eigenvalue weighted by Crippen LogP contribution is 2.40. The van der Waals surface area contributed by atoms with Gasteiger partial charge in [-0.2, -0.15) is 0 Å². The van der Waals surface area contributed by atoms with E-state index < -0.39 is 0 Å². The SMILES string of the molecule is [B]c1c([B])c([B])c(-c2nc(-c3ccccc3)nc(-c3ccc4oc5cccc(-n6c7ccccc7c7ccc(-c8ccccc8)cc76)c5c4c3)n2)c([B])c1[B]. The molecular formula is C45H23B5N4O. The number of furan rings is 1. The Kier molecular flexibility index (Phi) is 7.70. The van der Waals surface area contributed by atoms with E-state index in [1.54, 1.807) is 0 Å². The molecule has 0 bridgehead atoms. The Hall–Kier alpha value is -6.53. The molecular weight excluding hydrogens is 667 g/mol. The maximum Gasteiger partial charge on any atom is 0.164 e. The van der Waals surface area contributed by atoms with Crippen molar-refractivity contribution in [3.8, 4) is 51.0 Å². The number of aromatic nitrogens is 4. The summed E-state index contributed by atoms with van der Waals surface area (Å²) in [6.07, 6.45) is 0. The standard InChI is InChI=1S/C45H23B5N4O/c46-38-37(39(47)41(49)42(50)40(38)48)45-52-43(25-12-5-2-6-13-25)51-44(53-45)27-19-21-34-30(22-27)36-32(16-9-17-35(36)55-34)54-31-15-8-7-14-28(31)29-20-18-26(23-33(29)54)24-10-3-1-4-11-24/h1-23H. The van der Waals surface area contributed by atoms with Gasteiger partial charge in [0.2, 0.25) is 0 Å². The quantitative estimate of drug-likeness (QED) is 0.224. The van der Waals surface area contributed by atoms with Crippen LogP contribution in [0, 0.1) is 0 Å². The lowest BCUT2D eigenvalue weighted by Crippen LogP contribution is -2.55. The molecule has 3 aromatic heterocycles. The number of fused-ring (bicyclic) bond motifs is 6. The summed E-state index contributed by atoms with van der Waals surface area (Å²) >= 11 is 0. The van der Waals surface area contributed by atoms with Crippen LogP contribution in [0.15, 0.2) is 144 Å². The van der Waals surface area contributed by atoms with Crippen molar-refractivity contribution in [1.82, 2.24) is 19.5 Å². The van der Waals surface area contributed by atoms with Gasteiger partial charge >= 0.3 is 0 Å². The van der Waals surface area contributed by atoms with Crippen LogP contribution >= 0.6 is 0 Å². The fraction of sp³-hybridized carbons (Fsp3) is 0. The zero-order chi connectivity index (χ0) is 37.4. The second-order valence-corrected chi connectivity index (χ2v) is 13.5. The maximum atomic E-state index is 6.52. The maximum absolute atomic E-state index is 6.52. The van der Waals surface area contributed by atoms with E-state index in [4.69, 9.17) is 58.6 Å². The topological polar surface area (TPSA) is 56.7 Å². The number of hydrogen-bond acceptors (Lipinski definition) is 4. The Labute approximate surface area is 323 Å². The summed E-state index contributed by atoms with van der Waals surface area (Å²) in [5.74, 6) is 1.04. The van der Waals surface area contributed by atoms with E-state index in [0.717, 1.165) is 71.7 Å². The van der Waals surface area contributed by atoms with Crippen LogP contribution in [0.4, 0.5) is 0 Å². The predicted octanol–water partition coefficient (Wildman–Crippen LogP) is 5.51. The smallest absolute Gasteiger partial charge is 0.164 e. The molecule has 10 aromatic rings. The third kappa shape index (κ3) is 5.27. The van der Waals surface area contributed by atoms with E-state index in [9.17, 15) is 0 Å². The van der Waals surface area contributed by atoms with Crippen LogP contribution < -0.4 is 27.3 Å². The van der Waals surface area contributed by atoms with Crippen LogP contribution in [-0.2, 0) is 0 Å². The average Bonchev–Trinajstić information content (AvgIpc) is 3.78. The number of para-hydroxylation sites is 1. The number of hydrogen-bond donors (Lipinski definition) is 0. The van der Waals surface area contributed by atoms with E-state index in [1.807, 2.05) is 60.7 Å². The fourth-order valence-electron chi connectivity index (χ4n) is 7.60. The van der Waals surface area contributed by atoms with Crippen molar-refractivity contribution < 1.29 is 4.42 Å². The van der Waals surface area contributed by atoms with Gasteiger partial charge in [0.05, 0.1) is 22.1 Å². The van der Waals surface area contributed by atoms with Gasteiger partial charge in [-0.05, 0) is 53.6 Å². The Morgan fingerprint density at radius 1 is 0.400 bits per heavy atom. The molecule has 5 nitrogen and oxygen atoms in total. The molecule has 0 amide bonds. The summed E-state index contributed by atoms with van der Waals surface area (Å²) in [6, 6.07) is 47.3. The molecule has 10 radical (unpaired) electrons. The van der Waals surface area contributed by atoms with Crippen molar-refractivity contribution in [2.24, 2.45) is 0 Å². The number of benzene rings is 7. The van der Waals surface area contributed by atoms with Crippen molar-refractivity contribution in [3.05, 3.63) is 140 Å². The largest absolute Gasteiger partial charge is 0.456 e. The molecule has 0 aliphatic carbocycles. The molecule has 0 unspecified atom stereocenters. The minimum atomic E-state index is 0.115. The van der Waals surface area contributed by atoms with Crippen LogP contribution in [0.3, 0.4) is 0 Å². The zero-order valence-corrected chi connectivity index (χ0v) is 29.4. The highest BCUT2D eigenvalue weighted by atomic mass is 16.3. The van der Waals surface area contributed by atoms with Crippen molar-refractivity contribution in [3.63, 3.8) is 0 Å². The van der Waals surface area contributed by atoms with Crippen molar-refractivity contribution in [1.29, 1.82) is 0 Å². The molecule has 0 saturated heterocycles. The summed E-state index contributed by atoms with van der Waals surface area (Å²) < 4.78 is 8.85. The van der Waals surface area contributed by atoms with E-state index in [0.29, 0.717) is 17.2 Å². The molecule has 3 heterocycles. The van der Waals surface area contributed by atoms with E-state index in [-0.39, 0.29) is 33.1 Å². The van der Waals surface area contributed by atoms with Crippen LogP contribution in [0.5, 0.6) is 0 Å². The van der Waals surface area contributed by atoms with Crippen LogP contribution in [0.25, 0.3) is 94.7 Å². The molecule has 0 N–H and O–H groups in total. The first-order chi connectivity index (χ1) is 26.9. The molecule has 7 aromatic carbocycles. The summed E-state index contributed by atoms with van der Waals surface area (Å²) in [6.45, 7) is 0. The van der Waals surface area contributed by atoms with Crippen molar-refractivity contribution >= 4 is 110 Å². The summed E-state index contributed by atoms with van der Waals surface area (Å²) in [5.41, 5.74) is 9.36. The molecule has 10 heteroatoms. The third-order valence-electron chi connectivity index (χ3n) is 10.3. The van der Waals surface area contributed by atoms with Gasteiger partial charge < -0.3 is 8.98 Å². The fourth-order valence-corrected chi connectivity index (χ4v) is 7.60. The predicted molar refractivity (Wildman–Crippen MR) is 230 cm³/mol. The lowest BCUT2D eigenvalue weighted by Gasteiger charge is -2.20. The van der Waals surface area contributed by atoms with Gasteiger partial charge in [0.15, 0.2) is 17.5 Å². The zero-order valence-electron chi connectivity index (χ0n) is 29.4. The summed E-state index contributed by atoms with van der Waals surface area (Å²) in [7, 11) is 31.7. The van der Waals surface area contributed by atoms with Gasteiger partial charge in [0.25, 0.3) is 0 Å². The van der Waals surface area contributed by atoms with Crippen LogP contribution in [0.1, 0.15) is 0 Å². The normalized spacial score (nSPS) is 11.6. The van der Waals surface area contributed by atoms with E-state index in [2.05, 4.69) is 83.4 Å².